The van der Waals surface area contributed by atoms with Crippen molar-refractivity contribution in [2.75, 3.05) is 13.1 Å². The summed E-state index contributed by atoms with van der Waals surface area (Å²) in [4.78, 5) is 20.1. The highest BCUT2D eigenvalue weighted by Gasteiger charge is 2.29. The Hall–Kier alpha value is -2.92. The van der Waals surface area contributed by atoms with Crippen LogP contribution in [0.15, 0.2) is 65.7 Å². The van der Waals surface area contributed by atoms with Gasteiger partial charge in [0.1, 0.15) is 5.75 Å². The molecule has 150 valence electrons. The van der Waals surface area contributed by atoms with Gasteiger partial charge in [-0.3, -0.25) is 14.7 Å². The molecular weight excluding hydrogens is 362 g/mol. The zero-order chi connectivity index (χ0) is 20.2. The summed E-state index contributed by atoms with van der Waals surface area (Å²) in [6.45, 7) is 4.15. The maximum Gasteiger partial charge on any atom is 0.259 e. The molecule has 1 atom stereocenters. The monoisotopic (exact) mass is 389 g/mol. The number of piperidine rings is 1. The summed E-state index contributed by atoms with van der Waals surface area (Å²) in [5.74, 6) is 0.0781. The predicted molar refractivity (Wildman–Crippen MR) is 114 cm³/mol. The van der Waals surface area contributed by atoms with Crippen LogP contribution in [0.4, 0.5) is 0 Å². The van der Waals surface area contributed by atoms with Crippen LogP contribution < -0.4 is 5.56 Å². The molecule has 1 aromatic carbocycles. The zero-order valence-corrected chi connectivity index (χ0v) is 16.8. The first kappa shape index (κ1) is 19.4. The van der Waals surface area contributed by atoms with Crippen molar-refractivity contribution in [2.45, 2.75) is 38.8 Å². The molecular formula is C24H27N3O2. The number of aromatic hydroxyl groups is 1. The molecule has 4 rings (SSSR count). The van der Waals surface area contributed by atoms with Crippen LogP contribution in [0.1, 0.15) is 47.7 Å². The van der Waals surface area contributed by atoms with Gasteiger partial charge < -0.3 is 9.67 Å². The fraction of sp³-hybridized carbons (Fsp3) is 0.333. The number of pyridine rings is 2. The minimum Gasteiger partial charge on any atom is -0.507 e. The molecule has 0 aliphatic carbocycles. The summed E-state index contributed by atoms with van der Waals surface area (Å²) in [5.41, 5.74) is 3.08. The molecule has 0 bridgehead atoms. The van der Waals surface area contributed by atoms with Crippen molar-refractivity contribution in [3.05, 3.63) is 93.7 Å². The second-order valence-electron chi connectivity index (χ2n) is 7.75. The molecule has 1 aliphatic heterocycles. The number of hydrogen-bond acceptors (Lipinski definition) is 4. The Morgan fingerprint density at radius 3 is 2.52 bits per heavy atom. The van der Waals surface area contributed by atoms with E-state index in [4.69, 9.17) is 0 Å². The van der Waals surface area contributed by atoms with Crippen LogP contribution in [0.3, 0.4) is 0 Å². The van der Waals surface area contributed by atoms with E-state index < -0.39 is 0 Å². The fourth-order valence-corrected chi connectivity index (χ4v) is 4.27. The minimum absolute atomic E-state index is 0.0781. The predicted octanol–water partition coefficient (Wildman–Crippen LogP) is 3.88. The highest BCUT2D eigenvalue weighted by atomic mass is 16.3. The van der Waals surface area contributed by atoms with Crippen molar-refractivity contribution in [3.63, 3.8) is 0 Å². The smallest absolute Gasteiger partial charge is 0.259 e. The first-order valence-corrected chi connectivity index (χ1v) is 10.3. The van der Waals surface area contributed by atoms with Gasteiger partial charge in [-0.25, -0.2) is 0 Å². The number of nitrogens with zero attached hydrogens (tertiary/aromatic N) is 3. The summed E-state index contributed by atoms with van der Waals surface area (Å²) in [5, 5.41) is 10.9. The quantitative estimate of drug-likeness (QED) is 0.719. The summed E-state index contributed by atoms with van der Waals surface area (Å²) in [6.07, 6.45) is 6.93. The molecule has 5 heteroatoms. The normalized spacial score (nSPS) is 15.9. The Morgan fingerprint density at radius 1 is 1.07 bits per heavy atom. The van der Waals surface area contributed by atoms with Gasteiger partial charge in [-0.1, -0.05) is 42.8 Å². The number of benzene rings is 1. The SMILES string of the molecule is Cc1cc(O)c([C@@H](c2ccccc2)N2CCCCC2)c(=O)n1Cc1cccnc1. The molecule has 3 heterocycles. The van der Waals surface area contributed by atoms with E-state index in [0.717, 1.165) is 42.8 Å². The van der Waals surface area contributed by atoms with E-state index in [1.165, 1.54) is 6.42 Å². The maximum atomic E-state index is 13.6. The zero-order valence-electron chi connectivity index (χ0n) is 16.8. The average Bonchev–Trinajstić information content (AvgIpc) is 2.76. The molecule has 3 aromatic rings. The number of hydrogen-bond donors (Lipinski definition) is 1. The van der Waals surface area contributed by atoms with Crippen molar-refractivity contribution in [1.82, 2.24) is 14.5 Å². The molecule has 0 amide bonds. The summed E-state index contributed by atoms with van der Waals surface area (Å²) in [7, 11) is 0. The first-order valence-electron chi connectivity index (χ1n) is 10.3. The molecule has 0 unspecified atom stereocenters. The third-order valence-corrected chi connectivity index (χ3v) is 5.73. The topological polar surface area (TPSA) is 58.4 Å². The highest BCUT2D eigenvalue weighted by Crippen LogP contribution is 2.34. The van der Waals surface area contributed by atoms with Gasteiger partial charge in [-0.15, -0.1) is 0 Å². The van der Waals surface area contributed by atoms with E-state index in [1.807, 2.05) is 49.4 Å². The van der Waals surface area contributed by atoms with E-state index in [2.05, 4.69) is 9.88 Å². The van der Waals surface area contributed by atoms with E-state index in [0.29, 0.717) is 12.1 Å². The Bertz CT molecular complexity index is 1010. The van der Waals surface area contributed by atoms with E-state index in [1.54, 1.807) is 23.0 Å². The molecule has 1 aliphatic rings. The lowest BCUT2D eigenvalue weighted by atomic mass is 9.94. The number of likely N-dealkylation sites (tertiary alicyclic amines) is 1. The van der Waals surface area contributed by atoms with Crippen molar-refractivity contribution in [2.24, 2.45) is 0 Å². The number of rotatable bonds is 5. The molecule has 1 fully saturated rings. The van der Waals surface area contributed by atoms with Gasteiger partial charge in [0.25, 0.3) is 5.56 Å². The number of aryl methyl sites for hydroxylation is 1. The van der Waals surface area contributed by atoms with Crippen molar-refractivity contribution in [1.29, 1.82) is 0 Å². The van der Waals surface area contributed by atoms with Crippen LogP contribution in [0.25, 0.3) is 0 Å². The standard InChI is InChI=1S/C24H27N3O2/c1-18-15-21(28)22(24(29)27(18)17-19-9-8-12-25-16-19)23(20-10-4-2-5-11-20)26-13-6-3-7-14-26/h2,4-5,8-12,15-16,23,28H,3,6-7,13-14,17H2,1H3/t23-/m1/s1. The van der Waals surface area contributed by atoms with Crippen LogP contribution in [0, 0.1) is 6.92 Å². The molecule has 29 heavy (non-hydrogen) atoms. The van der Waals surface area contributed by atoms with Crippen molar-refractivity contribution >= 4 is 0 Å². The van der Waals surface area contributed by atoms with E-state index in [-0.39, 0.29) is 17.4 Å². The van der Waals surface area contributed by atoms with Crippen LogP contribution in [0.5, 0.6) is 5.75 Å². The lowest BCUT2D eigenvalue weighted by Crippen LogP contribution is -2.38. The van der Waals surface area contributed by atoms with Crippen molar-refractivity contribution < 1.29 is 5.11 Å². The molecule has 0 saturated carbocycles. The fourth-order valence-electron chi connectivity index (χ4n) is 4.27. The lowest BCUT2D eigenvalue weighted by molar-refractivity contribution is 0.183. The highest BCUT2D eigenvalue weighted by molar-refractivity contribution is 5.41. The second kappa shape index (κ2) is 8.62. The first-order chi connectivity index (χ1) is 14.1. The van der Waals surface area contributed by atoms with Crippen LogP contribution in [0.2, 0.25) is 0 Å². The number of aromatic nitrogens is 2. The van der Waals surface area contributed by atoms with Gasteiger partial charge in [-0.2, -0.15) is 0 Å². The van der Waals surface area contributed by atoms with Crippen LogP contribution in [-0.4, -0.2) is 32.6 Å². The van der Waals surface area contributed by atoms with Gasteiger partial charge in [-0.05, 0) is 56.1 Å². The largest absolute Gasteiger partial charge is 0.507 e. The van der Waals surface area contributed by atoms with Gasteiger partial charge in [0.05, 0.1) is 18.2 Å². The molecule has 0 spiro atoms. The third kappa shape index (κ3) is 4.10. The summed E-state index contributed by atoms with van der Waals surface area (Å²) < 4.78 is 1.74. The average molecular weight is 389 g/mol. The van der Waals surface area contributed by atoms with Gasteiger partial charge in [0.2, 0.25) is 0 Å². The molecule has 2 aromatic heterocycles. The Labute approximate surface area is 171 Å². The van der Waals surface area contributed by atoms with Crippen LogP contribution in [-0.2, 0) is 6.54 Å². The lowest BCUT2D eigenvalue weighted by Gasteiger charge is -2.35. The second-order valence-corrected chi connectivity index (χ2v) is 7.75. The van der Waals surface area contributed by atoms with Crippen molar-refractivity contribution in [3.8, 4) is 5.75 Å². The Balaban J connectivity index is 1.84. The summed E-state index contributed by atoms with van der Waals surface area (Å²) in [6, 6.07) is 15.4. The molecule has 5 nitrogen and oxygen atoms in total. The maximum absolute atomic E-state index is 13.6. The van der Waals surface area contributed by atoms with Crippen LogP contribution >= 0.6 is 0 Å². The summed E-state index contributed by atoms with van der Waals surface area (Å²) >= 11 is 0. The molecule has 0 radical (unpaired) electrons. The Morgan fingerprint density at radius 2 is 1.83 bits per heavy atom. The van der Waals surface area contributed by atoms with E-state index >= 15 is 0 Å². The third-order valence-electron chi connectivity index (χ3n) is 5.73. The van der Waals surface area contributed by atoms with Gasteiger partial charge in [0, 0.05) is 18.1 Å². The van der Waals surface area contributed by atoms with Gasteiger partial charge in [0.15, 0.2) is 0 Å². The van der Waals surface area contributed by atoms with E-state index in [9.17, 15) is 9.90 Å². The minimum atomic E-state index is -0.246. The Kier molecular flexibility index (Phi) is 5.76. The van der Waals surface area contributed by atoms with Gasteiger partial charge >= 0.3 is 0 Å². The molecule has 1 N–H and O–H groups in total. The molecule has 1 saturated heterocycles.